The van der Waals surface area contributed by atoms with Crippen LogP contribution in [0.25, 0.3) is 0 Å². The number of halogens is 1. The van der Waals surface area contributed by atoms with E-state index in [4.69, 9.17) is 0 Å². The molecule has 0 aliphatic rings. The quantitative estimate of drug-likeness (QED) is 0.502. The van der Waals surface area contributed by atoms with Crippen molar-refractivity contribution >= 4 is 21.8 Å². The minimum Gasteiger partial charge on any atom is -0.356 e. The lowest BCUT2D eigenvalue weighted by Gasteiger charge is -2.03. The van der Waals surface area contributed by atoms with Crippen LogP contribution in [0.15, 0.2) is 0 Å². The summed E-state index contributed by atoms with van der Waals surface area (Å²) < 4.78 is 0. The summed E-state index contributed by atoms with van der Waals surface area (Å²) in [6.07, 6.45) is 8.24. The Kier molecular flexibility index (Phi) is 11.0. The SMILES string of the molecule is CCCCCCCCNC(=O)CCBr. The molecule has 0 aromatic rings. The number of carbonyl (C=O) groups excluding carboxylic acids is 1. The molecule has 1 amide bonds. The third-order valence-corrected chi connectivity index (χ3v) is 2.57. The van der Waals surface area contributed by atoms with Crippen LogP contribution in [0.4, 0.5) is 0 Å². The molecule has 84 valence electrons. The zero-order valence-electron chi connectivity index (χ0n) is 9.15. The van der Waals surface area contributed by atoms with Gasteiger partial charge in [0.1, 0.15) is 0 Å². The lowest BCUT2D eigenvalue weighted by Crippen LogP contribution is -2.24. The van der Waals surface area contributed by atoms with E-state index in [0.717, 1.165) is 18.3 Å². The molecule has 0 rings (SSSR count). The molecule has 1 N–H and O–H groups in total. The molecule has 0 aromatic carbocycles. The van der Waals surface area contributed by atoms with Crippen molar-refractivity contribution in [2.75, 3.05) is 11.9 Å². The highest BCUT2D eigenvalue weighted by molar-refractivity contribution is 9.09. The summed E-state index contributed by atoms with van der Waals surface area (Å²) in [6.45, 7) is 3.07. The molecule has 0 fully saturated rings. The van der Waals surface area contributed by atoms with Gasteiger partial charge in [-0.15, -0.1) is 0 Å². The van der Waals surface area contributed by atoms with Crippen molar-refractivity contribution in [1.29, 1.82) is 0 Å². The van der Waals surface area contributed by atoms with Crippen LogP contribution in [0.1, 0.15) is 51.9 Å². The predicted octanol–water partition coefficient (Wildman–Crippen LogP) is 3.25. The minimum atomic E-state index is 0.162. The Labute approximate surface area is 96.0 Å². The molecule has 0 radical (unpaired) electrons. The van der Waals surface area contributed by atoms with E-state index in [1.54, 1.807) is 0 Å². The van der Waals surface area contributed by atoms with Gasteiger partial charge in [-0.1, -0.05) is 55.0 Å². The van der Waals surface area contributed by atoms with Crippen molar-refractivity contribution in [3.8, 4) is 0 Å². The summed E-state index contributed by atoms with van der Waals surface area (Å²) in [6, 6.07) is 0. The second kappa shape index (κ2) is 11.0. The number of rotatable bonds is 9. The molecule has 0 saturated carbocycles. The molecule has 0 spiro atoms. The van der Waals surface area contributed by atoms with E-state index in [1.165, 1.54) is 32.1 Å². The first-order valence-corrected chi connectivity index (χ1v) is 6.76. The zero-order chi connectivity index (χ0) is 10.6. The minimum absolute atomic E-state index is 0.162. The number of hydrogen-bond acceptors (Lipinski definition) is 1. The fourth-order valence-electron chi connectivity index (χ4n) is 1.31. The molecule has 0 saturated heterocycles. The summed E-state index contributed by atoms with van der Waals surface area (Å²) in [5.74, 6) is 0.162. The Morgan fingerprint density at radius 1 is 1.14 bits per heavy atom. The van der Waals surface area contributed by atoms with Crippen LogP contribution in [-0.2, 0) is 4.79 Å². The average Bonchev–Trinajstić information content (AvgIpc) is 2.17. The summed E-state index contributed by atoms with van der Waals surface area (Å²) in [7, 11) is 0. The monoisotopic (exact) mass is 263 g/mol. The molecule has 0 aliphatic carbocycles. The molecule has 0 atom stereocenters. The Hall–Kier alpha value is -0.0500. The topological polar surface area (TPSA) is 29.1 Å². The van der Waals surface area contributed by atoms with E-state index >= 15 is 0 Å². The van der Waals surface area contributed by atoms with E-state index in [-0.39, 0.29) is 5.91 Å². The third kappa shape index (κ3) is 10.0. The smallest absolute Gasteiger partial charge is 0.220 e. The van der Waals surface area contributed by atoms with Crippen LogP contribution in [0, 0.1) is 0 Å². The maximum absolute atomic E-state index is 11.0. The Balaban J connectivity index is 3.01. The number of nitrogens with one attached hydrogen (secondary N) is 1. The molecular formula is C11H22BrNO. The molecule has 0 unspecified atom stereocenters. The lowest BCUT2D eigenvalue weighted by atomic mass is 10.1. The van der Waals surface area contributed by atoms with Gasteiger partial charge in [0.2, 0.25) is 5.91 Å². The Morgan fingerprint density at radius 2 is 1.79 bits per heavy atom. The van der Waals surface area contributed by atoms with Crippen molar-refractivity contribution < 1.29 is 4.79 Å². The van der Waals surface area contributed by atoms with E-state index in [1.807, 2.05) is 0 Å². The van der Waals surface area contributed by atoms with Crippen LogP contribution in [-0.4, -0.2) is 17.8 Å². The molecule has 2 nitrogen and oxygen atoms in total. The van der Waals surface area contributed by atoms with E-state index < -0.39 is 0 Å². The van der Waals surface area contributed by atoms with Crippen LogP contribution in [0.3, 0.4) is 0 Å². The number of carbonyl (C=O) groups is 1. The molecule has 0 heterocycles. The average molecular weight is 264 g/mol. The normalized spacial score (nSPS) is 10.1. The zero-order valence-corrected chi connectivity index (χ0v) is 10.7. The van der Waals surface area contributed by atoms with Crippen molar-refractivity contribution in [3.05, 3.63) is 0 Å². The first-order valence-electron chi connectivity index (χ1n) is 5.64. The van der Waals surface area contributed by atoms with Crippen LogP contribution < -0.4 is 5.32 Å². The van der Waals surface area contributed by atoms with Crippen molar-refractivity contribution in [1.82, 2.24) is 5.32 Å². The van der Waals surface area contributed by atoms with Gasteiger partial charge in [-0.2, -0.15) is 0 Å². The van der Waals surface area contributed by atoms with Crippen LogP contribution >= 0.6 is 15.9 Å². The van der Waals surface area contributed by atoms with Crippen LogP contribution in [0.2, 0.25) is 0 Å². The number of hydrogen-bond donors (Lipinski definition) is 1. The largest absolute Gasteiger partial charge is 0.356 e. The third-order valence-electron chi connectivity index (χ3n) is 2.17. The van der Waals surface area contributed by atoms with Gasteiger partial charge in [-0.05, 0) is 6.42 Å². The second-order valence-corrected chi connectivity index (χ2v) is 4.35. The number of amides is 1. The molecule has 0 bridgehead atoms. The van der Waals surface area contributed by atoms with Gasteiger partial charge in [-0.3, -0.25) is 4.79 Å². The summed E-state index contributed by atoms with van der Waals surface area (Å²) in [5.41, 5.74) is 0. The second-order valence-electron chi connectivity index (χ2n) is 3.56. The van der Waals surface area contributed by atoms with Crippen LogP contribution in [0.5, 0.6) is 0 Å². The summed E-state index contributed by atoms with van der Waals surface area (Å²) in [5, 5.41) is 3.66. The van der Waals surface area contributed by atoms with E-state index in [9.17, 15) is 4.79 Å². The molecule has 14 heavy (non-hydrogen) atoms. The highest BCUT2D eigenvalue weighted by Crippen LogP contribution is 2.04. The lowest BCUT2D eigenvalue weighted by molar-refractivity contribution is -0.120. The van der Waals surface area contributed by atoms with Gasteiger partial charge in [-0.25, -0.2) is 0 Å². The molecule has 0 aliphatic heterocycles. The highest BCUT2D eigenvalue weighted by atomic mass is 79.9. The maximum atomic E-state index is 11.0. The highest BCUT2D eigenvalue weighted by Gasteiger charge is 1.97. The molecule has 0 aromatic heterocycles. The van der Waals surface area contributed by atoms with Gasteiger partial charge in [0.25, 0.3) is 0 Å². The van der Waals surface area contributed by atoms with Crippen molar-refractivity contribution in [2.45, 2.75) is 51.9 Å². The van der Waals surface area contributed by atoms with E-state index in [2.05, 4.69) is 28.2 Å². The first-order chi connectivity index (χ1) is 6.81. The Morgan fingerprint density at radius 3 is 2.43 bits per heavy atom. The maximum Gasteiger partial charge on any atom is 0.220 e. The number of alkyl halides is 1. The van der Waals surface area contributed by atoms with Crippen molar-refractivity contribution in [3.63, 3.8) is 0 Å². The van der Waals surface area contributed by atoms with Gasteiger partial charge in [0.15, 0.2) is 0 Å². The fraction of sp³-hybridized carbons (Fsp3) is 0.909. The van der Waals surface area contributed by atoms with Gasteiger partial charge in [0.05, 0.1) is 0 Å². The predicted molar refractivity (Wildman–Crippen MR) is 64.8 cm³/mol. The summed E-state index contributed by atoms with van der Waals surface area (Å²) >= 11 is 3.24. The van der Waals surface area contributed by atoms with Gasteiger partial charge >= 0.3 is 0 Å². The standard InChI is InChI=1S/C11H22BrNO/c1-2-3-4-5-6-7-10-13-11(14)8-9-12/h2-10H2,1H3,(H,13,14). The molecular weight excluding hydrogens is 242 g/mol. The fourth-order valence-corrected chi connectivity index (χ4v) is 1.67. The van der Waals surface area contributed by atoms with Gasteiger partial charge < -0.3 is 5.32 Å². The van der Waals surface area contributed by atoms with Gasteiger partial charge in [0, 0.05) is 18.3 Å². The van der Waals surface area contributed by atoms with E-state index in [0.29, 0.717) is 6.42 Å². The summed E-state index contributed by atoms with van der Waals surface area (Å²) in [4.78, 5) is 11.0. The van der Waals surface area contributed by atoms with Crippen molar-refractivity contribution in [2.24, 2.45) is 0 Å². The Bertz CT molecular complexity index is 139. The number of unbranched alkanes of at least 4 members (excludes halogenated alkanes) is 5. The first kappa shape index (κ1) is 13.9. The molecule has 3 heteroatoms.